The largest absolute Gasteiger partial charge is 0.290 e. The van der Waals surface area contributed by atoms with Crippen molar-refractivity contribution in [2.45, 2.75) is 25.7 Å². The minimum atomic E-state index is -2.46. The van der Waals surface area contributed by atoms with Crippen molar-refractivity contribution in [2.24, 2.45) is 4.99 Å². The van der Waals surface area contributed by atoms with Gasteiger partial charge in [-0.25, -0.2) is 14.0 Å². The minimum absolute atomic E-state index is 0.0301. The minimum Gasteiger partial charge on any atom is -0.290 e. The number of aryl methyl sites for hydroxylation is 1. The van der Waals surface area contributed by atoms with E-state index in [1.807, 2.05) is 5.48 Å². The van der Waals surface area contributed by atoms with Crippen molar-refractivity contribution >= 4 is 37.2 Å². The molecule has 0 amide bonds. The van der Waals surface area contributed by atoms with Crippen LogP contribution in [0.1, 0.15) is 30.7 Å². The maximum atomic E-state index is 13.3. The molecule has 1 aromatic carbocycles. The van der Waals surface area contributed by atoms with Crippen molar-refractivity contribution in [3.05, 3.63) is 39.9 Å². The normalized spacial score (nSPS) is 14.2. The topological polar surface area (TPSA) is 124 Å². The highest BCUT2D eigenvalue weighted by Gasteiger charge is 2.16. The number of benzene rings is 1. The third-order valence-electron chi connectivity index (χ3n) is 3.48. The number of unbranched alkanes of at least 4 members (excludes halogenated alkanes) is 2. The monoisotopic (exact) mass is 447 g/mol. The van der Waals surface area contributed by atoms with Crippen molar-refractivity contribution in [1.82, 2.24) is 15.8 Å². The second kappa shape index (κ2) is 9.19. The number of amidine groups is 1. The van der Waals surface area contributed by atoms with Crippen LogP contribution in [0, 0.1) is 10.6 Å². The molecule has 0 saturated heterocycles. The lowest BCUT2D eigenvalue weighted by Gasteiger charge is -2.04. The van der Waals surface area contributed by atoms with Gasteiger partial charge in [-0.3, -0.25) is 19.7 Å². The fourth-order valence-corrected chi connectivity index (χ4v) is 3.33. The fraction of sp³-hybridized carbons (Fsp3) is 0.400. The highest BCUT2D eigenvalue weighted by atomic mass is 79.9. The quantitative estimate of drug-likeness (QED) is 0.246. The van der Waals surface area contributed by atoms with Crippen LogP contribution in [0.5, 0.6) is 0 Å². The van der Waals surface area contributed by atoms with Crippen molar-refractivity contribution < 1.29 is 18.4 Å². The van der Waals surface area contributed by atoms with Gasteiger partial charge in [-0.2, -0.15) is 0 Å². The Hall–Kier alpha value is -1.85. The molecule has 2 rings (SSSR count). The number of nitrogens with one attached hydrogen (secondary N) is 2. The first-order valence-electron chi connectivity index (χ1n) is 7.77. The van der Waals surface area contributed by atoms with Gasteiger partial charge >= 0.3 is 0 Å². The standard InChI is InChI=1S/C15H19BrFN5O3S/c1-26(18,24)8-4-2-3-5-13-14(22-25-21-13)15(20-23)19-10-6-7-12(17)11(16)9-10/h6-7,9,18,23H,2-5,8H2,1H3,(H,19,20). The predicted molar refractivity (Wildman–Crippen MR) is 98.7 cm³/mol. The number of hydroxylamine groups is 1. The van der Waals surface area contributed by atoms with Gasteiger partial charge in [-0.15, -0.1) is 0 Å². The van der Waals surface area contributed by atoms with Gasteiger partial charge in [-0.1, -0.05) is 11.6 Å². The first-order valence-corrected chi connectivity index (χ1v) is 10.7. The zero-order valence-electron chi connectivity index (χ0n) is 14.0. The van der Waals surface area contributed by atoms with E-state index in [9.17, 15) is 13.8 Å². The fourth-order valence-electron chi connectivity index (χ4n) is 2.21. The SMILES string of the molecule is CS(=N)(=O)CCCCCc1nonc1C(=Nc1ccc(F)c(Br)c1)NO. The summed E-state index contributed by atoms with van der Waals surface area (Å²) >= 11 is 3.08. The summed E-state index contributed by atoms with van der Waals surface area (Å²) in [5.74, 6) is -0.0289. The third kappa shape index (κ3) is 6.15. The lowest BCUT2D eigenvalue weighted by molar-refractivity contribution is 0.234. The molecule has 1 atom stereocenters. The summed E-state index contributed by atoms with van der Waals surface area (Å²) in [7, 11) is -2.46. The Bertz CT molecular complexity index is 885. The summed E-state index contributed by atoms with van der Waals surface area (Å²) in [5, 5.41) is 17.0. The van der Waals surface area contributed by atoms with E-state index in [0.29, 0.717) is 30.0 Å². The van der Waals surface area contributed by atoms with Gasteiger partial charge < -0.3 is 0 Å². The molecule has 1 heterocycles. The smallest absolute Gasteiger partial charge is 0.181 e. The van der Waals surface area contributed by atoms with E-state index >= 15 is 0 Å². The maximum Gasteiger partial charge on any atom is 0.181 e. The first-order chi connectivity index (χ1) is 12.3. The molecular weight excluding hydrogens is 429 g/mol. The highest BCUT2D eigenvalue weighted by Crippen LogP contribution is 2.23. The van der Waals surface area contributed by atoms with Crippen LogP contribution in [0.15, 0.2) is 32.3 Å². The summed E-state index contributed by atoms with van der Waals surface area (Å²) in [6.45, 7) is 0. The van der Waals surface area contributed by atoms with Crippen LogP contribution in [0.3, 0.4) is 0 Å². The molecular formula is C15H19BrFN5O3S. The molecule has 0 aliphatic heterocycles. The Balaban J connectivity index is 2.06. The summed E-state index contributed by atoms with van der Waals surface area (Å²) in [6.07, 6.45) is 4.14. The van der Waals surface area contributed by atoms with Crippen LogP contribution in [-0.4, -0.2) is 37.6 Å². The zero-order valence-corrected chi connectivity index (χ0v) is 16.4. The molecule has 11 heteroatoms. The second-order valence-corrected chi connectivity index (χ2v) is 9.02. The van der Waals surface area contributed by atoms with Crippen molar-refractivity contribution in [3.63, 3.8) is 0 Å². The van der Waals surface area contributed by atoms with Crippen molar-refractivity contribution in [2.75, 3.05) is 12.0 Å². The molecule has 0 saturated carbocycles. The van der Waals surface area contributed by atoms with Gasteiger partial charge in [0.25, 0.3) is 0 Å². The molecule has 1 unspecified atom stereocenters. The van der Waals surface area contributed by atoms with Crippen molar-refractivity contribution in [1.29, 1.82) is 4.78 Å². The van der Waals surface area contributed by atoms with Gasteiger partial charge in [0.1, 0.15) is 11.5 Å². The Morgan fingerprint density at radius 1 is 1.42 bits per heavy atom. The van der Waals surface area contributed by atoms with Gasteiger partial charge in [0.05, 0.1) is 10.2 Å². The molecule has 0 aliphatic carbocycles. The molecule has 0 radical (unpaired) electrons. The number of aromatic nitrogens is 2. The summed E-state index contributed by atoms with van der Waals surface area (Å²) in [5.41, 5.74) is 3.13. The van der Waals surface area contributed by atoms with Crippen LogP contribution in [0.2, 0.25) is 0 Å². The summed E-state index contributed by atoms with van der Waals surface area (Å²) in [6, 6.07) is 4.16. The molecule has 0 bridgehead atoms. The van der Waals surface area contributed by atoms with E-state index in [0.717, 1.165) is 12.8 Å². The van der Waals surface area contributed by atoms with E-state index < -0.39 is 15.5 Å². The molecule has 3 N–H and O–H groups in total. The number of hydrogen-bond donors (Lipinski definition) is 3. The van der Waals surface area contributed by atoms with Gasteiger partial charge in [-0.05, 0) is 58.5 Å². The summed E-state index contributed by atoms with van der Waals surface area (Å²) in [4.78, 5) is 4.19. The number of nitrogens with zero attached hydrogens (tertiary/aromatic N) is 3. The number of halogens is 2. The molecule has 0 aliphatic rings. The van der Waals surface area contributed by atoms with E-state index in [1.165, 1.54) is 24.5 Å². The molecule has 0 spiro atoms. The van der Waals surface area contributed by atoms with Crippen LogP contribution in [0.4, 0.5) is 10.1 Å². The Morgan fingerprint density at radius 2 is 2.19 bits per heavy atom. The number of hydrogen-bond acceptors (Lipinski definition) is 7. The van der Waals surface area contributed by atoms with Crippen LogP contribution >= 0.6 is 15.9 Å². The molecule has 0 fully saturated rings. The molecule has 8 nitrogen and oxygen atoms in total. The Kier molecular flexibility index (Phi) is 7.23. The van der Waals surface area contributed by atoms with Gasteiger partial charge in [0.15, 0.2) is 11.5 Å². The van der Waals surface area contributed by atoms with E-state index in [4.69, 9.17) is 9.41 Å². The average molecular weight is 448 g/mol. The zero-order chi connectivity index (χ0) is 19.2. The number of rotatable bonds is 8. The van der Waals surface area contributed by atoms with Gasteiger partial charge in [0.2, 0.25) is 0 Å². The first kappa shape index (κ1) is 20.5. The van der Waals surface area contributed by atoms with Crippen LogP contribution in [0.25, 0.3) is 0 Å². The average Bonchev–Trinajstić information content (AvgIpc) is 3.03. The predicted octanol–water partition coefficient (Wildman–Crippen LogP) is 3.42. The molecule has 26 heavy (non-hydrogen) atoms. The van der Waals surface area contributed by atoms with E-state index in [1.54, 1.807) is 0 Å². The maximum absolute atomic E-state index is 13.3. The molecule has 1 aromatic heterocycles. The van der Waals surface area contributed by atoms with E-state index in [2.05, 4.69) is 31.2 Å². The van der Waals surface area contributed by atoms with Crippen molar-refractivity contribution in [3.8, 4) is 0 Å². The highest BCUT2D eigenvalue weighted by molar-refractivity contribution is 9.10. The third-order valence-corrected chi connectivity index (χ3v) is 5.15. The van der Waals surface area contributed by atoms with E-state index in [-0.39, 0.29) is 16.0 Å². The lowest BCUT2D eigenvalue weighted by Crippen LogP contribution is -2.22. The number of aliphatic imine (C=N–C) groups is 1. The van der Waals surface area contributed by atoms with Crippen LogP contribution < -0.4 is 5.48 Å². The van der Waals surface area contributed by atoms with Crippen LogP contribution in [-0.2, 0) is 16.1 Å². The lowest BCUT2D eigenvalue weighted by atomic mass is 10.1. The van der Waals surface area contributed by atoms with Gasteiger partial charge in [0, 0.05) is 21.7 Å². The summed E-state index contributed by atoms with van der Waals surface area (Å²) < 4.78 is 37.0. The molecule has 2 aromatic rings. The second-order valence-electron chi connectivity index (χ2n) is 5.75. The molecule has 142 valence electrons. The Labute approximate surface area is 158 Å². The Morgan fingerprint density at radius 3 is 2.85 bits per heavy atom.